The van der Waals surface area contributed by atoms with E-state index in [0.29, 0.717) is 12.1 Å². The van der Waals surface area contributed by atoms with E-state index in [1.807, 2.05) is 11.6 Å². The largest absolute Gasteiger partial charge is 0.328 e. The zero-order valence-corrected chi connectivity index (χ0v) is 10.7. The van der Waals surface area contributed by atoms with Crippen molar-refractivity contribution in [2.24, 2.45) is 11.7 Å². The van der Waals surface area contributed by atoms with Crippen molar-refractivity contribution in [2.75, 3.05) is 6.54 Å². The molecule has 0 radical (unpaired) electrons. The number of hydrogen-bond acceptors (Lipinski definition) is 4. The summed E-state index contributed by atoms with van der Waals surface area (Å²) in [6, 6.07) is 0.836. The predicted octanol–water partition coefficient (Wildman–Crippen LogP) is 2.31. The zero-order valence-electron chi connectivity index (χ0n) is 9.86. The molecule has 0 bridgehead atoms. The van der Waals surface area contributed by atoms with Crippen molar-refractivity contribution in [1.29, 1.82) is 0 Å². The van der Waals surface area contributed by atoms with E-state index in [1.54, 1.807) is 11.3 Å². The minimum atomic E-state index is 0.385. The average molecular weight is 239 g/mol. The van der Waals surface area contributed by atoms with Crippen LogP contribution >= 0.6 is 11.3 Å². The van der Waals surface area contributed by atoms with Gasteiger partial charge in [-0.2, -0.15) is 0 Å². The van der Waals surface area contributed by atoms with Crippen LogP contribution in [0.5, 0.6) is 0 Å². The minimum Gasteiger partial charge on any atom is -0.328 e. The van der Waals surface area contributed by atoms with E-state index >= 15 is 0 Å². The first kappa shape index (κ1) is 12.0. The van der Waals surface area contributed by atoms with Crippen molar-refractivity contribution < 1.29 is 0 Å². The van der Waals surface area contributed by atoms with E-state index in [0.717, 1.165) is 12.5 Å². The van der Waals surface area contributed by atoms with Gasteiger partial charge in [-0.3, -0.25) is 0 Å². The highest BCUT2D eigenvalue weighted by atomic mass is 32.1. The molecule has 90 valence electrons. The number of thiazole rings is 1. The summed E-state index contributed by atoms with van der Waals surface area (Å²) in [6.07, 6.45) is 6.81. The maximum atomic E-state index is 5.90. The Balaban J connectivity index is 1.71. The molecule has 0 aliphatic heterocycles. The molecule has 3 nitrogen and oxygen atoms in total. The number of nitrogens with one attached hydrogen (secondary N) is 1. The monoisotopic (exact) mass is 239 g/mol. The lowest BCUT2D eigenvalue weighted by Gasteiger charge is -2.27. The number of hydrogen-bond donors (Lipinski definition) is 2. The molecule has 1 unspecified atom stereocenters. The summed E-state index contributed by atoms with van der Waals surface area (Å²) in [5.41, 5.74) is 5.90. The molecule has 1 saturated carbocycles. The first-order valence-corrected chi connectivity index (χ1v) is 7.02. The van der Waals surface area contributed by atoms with E-state index in [9.17, 15) is 0 Å². The molecule has 16 heavy (non-hydrogen) atoms. The van der Waals surface area contributed by atoms with E-state index in [4.69, 9.17) is 5.73 Å². The summed E-state index contributed by atoms with van der Waals surface area (Å²) in [4.78, 5) is 4.33. The van der Waals surface area contributed by atoms with Crippen molar-refractivity contribution in [2.45, 2.75) is 44.7 Å². The zero-order chi connectivity index (χ0) is 11.4. The average Bonchev–Trinajstić information content (AvgIpc) is 2.81. The highest BCUT2D eigenvalue weighted by Gasteiger charge is 2.19. The van der Waals surface area contributed by atoms with Gasteiger partial charge in [-0.1, -0.05) is 0 Å². The summed E-state index contributed by atoms with van der Waals surface area (Å²) in [6.45, 7) is 3.29. The third-order valence-corrected chi connectivity index (χ3v) is 4.38. The third kappa shape index (κ3) is 3.27. The molecular formula is C12H21N3S. The van der Waals surface area contributed by atoms with Crippen LogP contribution in [0.4, 0.5) is 0 Å². The fourth-order valence-corrected chi connectivity index (χ4v) is 2.94. The number of aromatic nitrogens is 1. The lowest BCUT2D eigenvalue weighted by molar-refractivity contribution is 0.306. The van der Waals surface area contributed by atoms with Gasteiger partial charge in [0.1, 0.15) is 5.01 Å². The van der Waals surface area contributed by atoms with Crippen LogP contribution in [0.3, 0.4) is 0 Å². The van der Waals surface area contributed by atoms with Gasteiger partial charge in [0.15, 0.2) is 0 Å². The summed E-state index contributed by atoms with van der Waals surface area (Å²) in [7, 11) is 0. The van der Waals surface area contributed by atoms with Crippen LogP contribution in [0.15, 0.2) is 11.6 Å². The van der Waals surface area contributed by atoms with E-state index < -0.39 is 0 Å². The van der Waals surface area contributed by atoms with Crippen molar-refractivity contribution >= 4 is 11.3 Å². The summed E-state index contributed by atoms with van der Waals surface area (Å²) in [5, 5.41) is 6.80. The Bertz CT molecular complexity index is 291. The molecule has 1 atom stereocenters. The van der Waals surface area contributed by atoms with Gasteiger partial charge in [-0.05, 0) is 45.1 Å². The second kappa shape index (κ2) is 5.75. The second-order valence-electron chi connectivity index (χ2n) is 4.78. The Kier molecular flexibility index (Phi) is 4.32. The van der Waals surface area contributed by atoms with E-state index in [-0.39, 0.29) is 0 Å². The summed E-state index contributed by atoms with van der Waals surface area (Å²) >= 11 is 1.72. The first-order valence-electron chi connectivity index (χ1n) is 6.14. The fraction of sp³-hybridized carbons (Fsp3) is 0.750. The Morgan fingerprint density at radius 2 is 2.25 bits per heavy atom. The standard InChI is InChI=1S/C12H21N3S/c1-9(12-14-6-7-16-12)15-8-10-2-4-11(13)5-3-10/h6-7,9-11,15H,2-5,8,13H2,1H3. The van der Waals surface area contributed by atoms with E-state index in [1.165, 1.54) is 30.7 Å². The van der Waals surface area contributed by atoms with Gasteiger partial charge >= 0.3 is 0 Å². The highest BCUT2D eigenvalue weighted by molar-refractivity contribution is 7.09. The second-order valence-corrected chi connectivity index (χ2v) is 5.71. The Labute approximate surface area is 101 Å². The predicted molar refractivity (Wildman–Crippen MR) is 68.5 cm³/mol. The topological polar surface area (TPSA) is 50.9 Å². The third-order valence-electron chi connectivity index (χ3n) is 3.43. The molecule has 1 aliphatic rings. The molecule has 1 aliphatic carbocycles. The van der Waals surface area contributed by atoms with Crippen molar-refractivity contribution in [3.05, 3.63) is 16.6 Å². The molecule has 0 saturated heterocycles. The lowest BCUT2D eigenvalue weighted by Crippen LogP contribution is -2.32. The van der Waals surface area contributed by atoms with Gasteiger partial charge in [-0.15, -0.1) is 11.3 Å². The number of rotatable bonds is 4. The minimum absolute atomic E-state index is 0.385. The molecule has 1 heterocycles. The molecule has 4 heteroatoms. The summed E-state index contributed by atoms with van der Waals surface area (Å²) in [5.74, 6) is 0.808. The van der Waals surface area contributed by atoms with E-state index in [2.05, 4.69) is 17.2 Å². The maximum absolute atomic E-state index is 5.90. The molecular weight excluding hydrogens is 218 g/mol. The lowest BCUT2D eigenvalue weighted by atomic mass is 9.86. The van der Waals surface area contributed by atoms with Crippen molar-refractivity contribution in [3.63, 3.8) is 0 Å². The highest BCUT2D eigenvalue weighted by Crippen LogP contribution is 2.23. The summed E-state index contributed by atoms with van der Waals surface area (Å²) < 4.78 is 0. The smallest absolute Gasteiger partial charge is 0.109 e. The quantitative estimate of drug-likeness (QED) is 0.847. The van der Waals surface area contributed by atoms with Gasteiger partial charge < -0.3 is 11.1 Å². The van der Waals surface area contributed by atoms with Crippen LogP contribution in [0.25, 0.3) is 0 Å². The maximum Gasteiger partial charge on any atom is 0.109 e. The van der Waals surface area contributed by atoms with Crippen LogP contribution in [-0.2, 0) is 0 Å². The Morgan fingerprint density at radius 3 is 2.88 bits per heavy atom. The number of nitrogens with two attached hydrogens (primary N) is 1. The van der Waals surface area contributed by atoms with Crippen molar-refractivity contribution in [3.8, 4) is 0 Å². The molecule has 2 rings (SSSR count). The van der Waals surface area contributed by atoms with Crippen molar-refractivity contribution in [1.82, 2.24) is 10.3 Å². The molecule has 0 spiro atoms. The molecule has 1 aromatic heterocycles. The Hall–Kier alpha value is -0.450. The molecule has 3 N–H and O–H groups in total. The van der Waals surface area contributed by atoms with Crippen LogP contribution in [0, 0.1) is 5.92 Å². The van der Waals surface area contributed by atoms with Gasteiger partial charge in [0.05, 0.1) is 6.04 Å². The van der Waals surface area contributed by atoms with Crippen LogP contribution in [0.2, 0.25) is 0 Å². The fourth-order valence-electron chi connectivity index (χ4n) is 2.27. The number of nitrogens with zero attached hydrogens (tertiary/aromatic N) is 1. The SMILES string of the molecule is CC(NCC1CCC(N)CC1)c1nccs1. The van der Waals surface area contributed by atoms with Gasteiger partial charge in [0, 0.05) is 17.6 Å². The Morgan fingerprint density at radius 1 is 1.50 bits per heavy atom. The molecule has 0 amide bonds. The van der Waals surface area contributed by atoms with Gasteiger partial charge in [0.25, 0.3) is 0 Å². The van der Waals surface area contributed by atoms with Gasteiger partial charge in [0.2, 0.25) is 0 Å². The van der Waals surface area contributed by atoms with Crippen LogP contribution in [0.1, 0.15) is 43.7 Å². The normalized spacial score (nSPS) is 27.9. The molecule has 1 fully saturated rings. The molecule has 0 aromatic carbocycles. The van der Waals surface area contributed by atoms with Gasteiger partial charge in [-0.25, -0.2) is 4.98 Å². The first-order chi connectivity index (χ1) is 7.75. The van der Waals surface area contributed by atoms with Crippen LogP contribution < -0.4 is 11.1 Å². The molecule has 1 aromatic rings. The van der Waals surface area contributed by atoms with Crippen LogP contribution in [-0.4, -0.2) is 17.6 Å².